The zero-order chi connectivity index (χ0) is 16.7. The fourth-order valence-corrected chi connectivity index (χ4v) is 2.33. The Kier molecular flexibility index (Phi) is 3.30. The molecule has 0 aliphatic carbocycles. The smallest absolute Gasteiger partial charge is 0.280 e. The van der Waals surface area contributed by atoms with Gasteiger partial charge in [0.05, 0.1) is 10.9 Å². The summed E-state index contributed by atoms with van der Waals surface area (Å²) < 4.78 is 30.0. The molecule has 0 amide bonds. The van der Waals surface area contributed by atoms with Gasteiger partial charge < -0.3 is 0 Å². The van der Waals surface area contributed by atoms with Crippen molar-refractivity contribution in [2.24, 2.45) is 7.05 Å². The summed E-state index contributed by atoms with van der Waals surface area (Å²) in [6.07, 6.45) is 6.56. The van der Waals surface area contributed by atoms with Crippen molar-refractivity contribution >= 4 is 11.0 Å². The molecule has 0 saturated heterocycles. The Labute approximate surface area is 128 Å². The lowest BCUT2D eigenvalue weighted by molar-refractivity contribution is 0.557. The molecule has 114 valence electrons. The van der Waals surface area contributed by atoms with Gasteiger partial charge in [0.15, 0.2) is 11.6 Å². The molecule has 0 spiro atoms. The van der Waals surface area contributed by atoms with Crippen molar-refractivity contribution in [3.05, 3.63) is 68.5 Å². The number of fused-ring (bicyclic) bond motifs is 1. The molecule has 0 aliphatic heterocycles. The van der Waals surface area contributed by atoms with E-state index in [1.165, 1.54) is 25.4 Å². The van der Waals surface area contributed by atoms with Crippen LogP contribution in [0.1, 0.15) is 5.56 Å². The normalized spacial score (nSPS) is 10.7. The monoisotopic (exact) mass is 313 g/mol. The lowest BCUT2D eigenvalue weighted by Gasteiger charge is -2.12. The molecule has 5 nitrogen and oxygen atoms in total. The Morgan fingerprint density at radius 3 is 2.65 bits per heavy atom. The van der Waals surface area contributed by atoms with Crippen LogP contribution in [0.3, 0.4) is 0 Å². The number of rotatable bonds is 1. The Balaban J connectivity index is 2.56. The Morgan fingerprint density at radius 2 is 1.96 bits per heavy atom. The largest absolute Gasteiger partial charge is 0.337 e. The molecule has 0 unspecified atom stereocenters. The number of benzene rings is 1. The van der Waals surface area contributed by atoms with Crippen LogP contribution in [-0.4, -0.2) is 14.1 Å². The van der Waals surface area contributed by atoms with Crippen LogP contribution in [0.25, 0.3) is 16.7 Å². The molecule has 2 aromatic heterocycles. The van der Waals surface area contributed by atoms with Crippen molar-refractivity contribution in [3.8, 4) is 18.0 Å². The Bertz CT molecular complexity index is 1110. The van der Waals surface area contributed by atoms with Gasteiger partial charge in [0.2, 0.25) is 0 Å². The average molecular weight is 313 g/mol. The molecule has 0 saturated carbocycles. The van der Waals surface area contributed by atoms with Gasteiger partial charge in [0.25, 0.3) is 5.56 Å². The fraction of sp³-hybridized carbons (Fsp3) is 0.0625. The lowest BCUT2D eigenvalue weighted by atomic mass is 10.1. The quantitative estimate of drug-likeness (QED) is 0.637. The highest BCUT2D eigenvalue weighted by atomic mass is 19.1. The van der Waals surface area contributed by atoms with Gasteiger partial charge in [-0.2, -0.15) is 0 Å². The first kappa shape index (κ1) is 14.7. The number of hydrogen-bond acceptors (Lipinski definition) is 3. The number of terminal acetylenes is 1. The van der Waals surface area contributed by atoms with Crippen molar-refractivity contribution in [1.29, 1.82) is 0 Å². The van der Waals surface area contributed by atoms with Crippen molar-refractivity contribution in [2.75, 3.05) is 0 Å². The molecule has 1 aromatic carbocycles. The van der Waals surface area contributed by atoms with E-state index in [1.807, 2.05) is 5.92 Å². The number of nitrogens with zero attached hydrogens (tertiary/aromatic N) is 3. The van der Waals surface area contributed by atoms with Crippen molar-refractivity contribution in [2.45, 2.75) is 0 Å². The first-order valence-electron chi connectivity index (χ1n) is 6.49. The highest BCUT2D eigenvalue weighted by Crippen LogP contribution is 2.19. The van der Waals surface area contributed by atoms with Crippen LogP contribution in [0.2, 0.25) is 0 Å². The second kappa shape index (κ2) is 5.18. The lowest BCUT2D eigenvalue weighted by Crippen LogP contribution is -2.39. The molecular formula is C16H9F2N3O2. The standard InChI is InChI=1S/C16H9F2N3O2/c1-3-9-6-7-11(17)13(12(9)18)21-15(22)10-5-4-8-19-14(10)20(2)16(21)23/h1,4-8H,2H3. The number of aryl methyl sites for hydroxylation is 1. The first-order chi connectivity index (χ1) is 11.0. The van der Waals surface area contributed by atoms with E-state index in [2.05, 4.69) is 4.98 Å². The predicted molar refractivity (Wildman–Crippen MR) is 80.4 cm³/mol. The predicted octanol–water partition coefficient (Wildman–Crippen LogP) is 1.34. The molecule has 0 bridgehead atoms. The number of pyridine rings is 1. The number of halogens is 2. The SMILES string of the molecule is C#Cc1ccc(F)c(-n2c(=O)c3cccnc3n(C)c2=O)c1F. The number of hydrogen-bond donors (Lipinski definition) is 0. The van der Waals surface area contributed by atoms with E-state index >= 15 is 0 Å². The molecule has 3 aromatic rings. The van der Waals surface area contributed by atoms with Crippen molar-refractivity contribution < 1.29 is 8.78 Å². The zero-order valence-electron chi connectivity index (χ0n) is 11.9. The second-order valence-corrected chi connectivity index (χ2v) is 4.76. The highest BCUT2D eigenvalue weighted by molar-refractivity contribution is 5.73. The van der Waals surface area contributed by atoms with Crippen LogP contribution >= 0.6 is 0 Å². The Morgan fingerprint density at radius 1 is 1.22 bits per heavy atom. The minimum absolute atomic E-state index is 0.0551. The van der Waals surface area contributed by atoms with Crippen LogP contribution in [-0.2, 0) is 7.05 Å². The minimum Gasteiger partial charge on any atom is -0.280 e. The molecule has 3 rings (SSSR count). The zero-order valence-corrected chi connectivity index (χ0v) is 11.9. The maximum Gasteiger partial charge on any atom is 0.337 e. The molecular weight excluding hydrogens is 304 g/mol. The molecule has 7 heteroatoms. The summed E-state index contributed by atoms with van der Waals surface area (Å²) in [5, 5.41) is 0.0551. The summed E-state index contributed by atoms with van der Waals surface area (Å²) in [4.78, 5) is 28.9. The van der Waals surface area contributed by atoms with E-state index in [4.69, 9.17) is 6.42 Å². The molecule has 0 fully saturated rings. The minimum atomic E-state index is -1.14. The third-order valence-corrected chi connectivity index (χ3v) is 3.46. The average Bonchev–Trinajstić information content (AvgIpc) is 2.56. The van der Waals surface area contributed by atoms with E-state index in [9.17, 15) is 18.4 Å². The van der Waals surface area contributed by atoms with Gasteiger partial charge in [-0.25, -0.2) is 23.1 Å². The van der Waals surface area contributed by atoms with Crippen molar-refractivity contribution in [3.63, 3.8) is 0 Å². The van der Waals surface area contributed by atoms with Gasteiger partial charge in [-0.1, -0.05) is 5.92 Å². The molecule has 0 atom stereocenters. The van der Waals surface area contributed by atoms with E-state index in [0.717, 1.165) is 16.7 Å². The summed E-state index contributed by atoms with van der Waals surface area (Å²) >= 11 is 0. The summed E-state index contributed by atoms with van der Waals surface area (Å²) in [5.74, 6) is -0.164. The van der Waals surface area contributed by atoms with E-state index in [1.54, 1.807) is 0 Å². The molecule has 23 heavy (non-hydrogen) atoms. The van der Waals surface area contributed by atoms with Crippen molar-refractivity contribution in [1.82, 2.24) is 14.1 Å². The van der Waals surface area contributed by atoms with Crippen LogP contribution in [0.4, 0.5) is 8.78 Å². The van der Waals surface area contributed by atoms with Gasteiger partial charge in [-0.15, -0.1) is 6.42 Å². The second-order valence-electron chi connectivity index (χ2n) is 4.76. The van der Waals surface area contributed by atoms with Crippen LogP contribution in [0.15, 0.2) is 40.1 Å². The maximum atomic E-state index is 14.4. The van der Waals surface area contributed by atoms with Crippen LogP contribution in [0, 0.1) is 24.0 Å². The molecule has 0 aliphatic rings. The van der Waals surface area contributed by atoms with E-state index in [0.29, 0.717) is 4.57 Å². The molecule has 0 N–H and O–H groups in total. The van der Waals surface area contributed by atoms with Gasteiger partial charge in [0, 0.05) is 13.2 Å². The third-order valence-electron chi connectivity index (χ3n) is 3.46. The summed E-state index contributed by atoms with van der Waals surface area (Å²) in [6, 6.07) is 4.88. The summed E-state index contributed by atoms with van der Waals surface area (Å²) in [6.45, 7) is 0. The topological polar surface area (TPSA) is 56.9 Å². The molecule has 0 radical (unpaired) electrons. The highest BCUT2D eigenvalue weighted by Gasteiger charge is 2.21. The van der Waals surface area contributed by atoms with Gasteiger partial charge in [-0.05, 0) is 24.3 Å². The maximum absolute atomic E-state index is 14.4. The molecule has 2 heterocycles. The van der Waals surface area contributed by atoms with Crippen LogP contribution in [0.5, 0.6) is 0 Å². The summed E-state index contributed by atoms with van der Waals surface area (Å²) in [5.41, 5.74) is -2.72. The van der Waals surface area contributed by atoms with Gasteiger partial charge in [0.1, 0.15) is 11.3 Å². The van der Waals surface area contributed by atoms with Gasteiger partial charge >= 0.3 is 5.69 Å². The van der Waals surface area contributed by atoms with Crippen LogP contribution < -0.4 is 11.2 Å². The van der Waals surface area contributed by atoms with E-state index < -0.39 is 28.6 Å². The third kappa shape index (κ3) is 2.04. The summed E-state index contributed by atoms with van der Waals surface area (Å²) in [7, 11) is 1.36. The first-order valence-corrected chi connectivity index (χ1v) is 6.49. The van der Waals surface area contributed by atoms with E-state index in [-0.39, 0.29) is 16.6 Å². The van der Waals surface area contributed by atoms with Gasteiger partial charge in [-0.3, -0.25) is 9.36 Å². The number of aromatic nitrogens is 3. The fourth-order valence-electron chi connectivity index (χ4n) is 2.33. The Hall–Kier alpha value is -3.27.